The second kappa shape index (κ2) is 9.09. The van der Waals surface area contributed by atoms with Gasteiger partial charge in [-0.25, -0.2) is 4.68 Å². The molecule has 0 radical (unpaired) electrons. The molecule has 1 saturated heterocycles. The van der Waals surface area contributed by atoms with Crippen molar-refractivity contribution in [3.63, 3.8) is 0 Å². The van der Waals surface area contributed by atoms with Crippen LogP contribution in [0.1, 0.15) is 5.56 Å². The molecule has 1 aromatic carbocycles. The van der Waals surface area contributed by atoms with Gasteiger partial charge in [-0.1, -0.05) is 58.5 Å². The number of halogens is 4. The molecule has 0 saturated carbocycles. The second-order valence-electron chi connectivity index (χ2n) is 6.61. The number of alkyl halides is 3. The van der Waals surface area contributed by atoms with Gasteiger partial charge in [-0.3, -0.25) is 9.69 Å². The smallest absolute Gasteiger partial charge is 0.287 e. The first-order valence-electron chi connectivity index (χ1n) is 8.86. The number of nitrogens with one attached hydrogen (secondary N) is 1. The van der Waals surface area contributed by atoms with Crippen LogP contribution in [0, 0.1) is 0 Å². The molecule has 0 spiro atoms. The molecule has 0 bridgehead atoms. The van der Waals surface area contributed by atoms with Gasteiger partial charge in [-0.05, 0) is 12.1 Å². The molecule has 0 amide bonds. The fraction of sp³-hybridized carbons (Fsp3) is 0.444. The van der Waals surface area contributed by atoms with E-state index in [9.17, 15) is 4.79 Å². The Morgan fingerprint density at radius 2 is 1.89 bits per heavy atom. The van der Waals surface area contributed by atoms with Crippen molar-refractivity contribution < 1.29 is 0 Å². The molecule has 1 aromatic heterocycles. The summed E-state index contributed by atoms with van der Waals surface area (Å²) >= 11 is 24.0. The number of aromatic nitrogens is 2. The maximum absolute atomic E-state index is 12.0. The topological polar surface area (TPSA) is 53.4 Å². The fourth-order valence-electron chi connectivity index (χ4n) is 3.10. The molecule has 1 aliphatic heterocycles. The zero-order chi connectivity index (χ0) is 20.3. The highest BCUT2D eigenvalue weighted by Gasteiger charge is 2.23. The number of piperazine rings is 1. The summed E-state index contributed by atoms with van der Waals surface area (Å²) in [6.45, 7) is 4.99. The second-order valence-corrected chi connectivity index (χ2v) is 9.27. The molecule has 28 heavy (non-hydrogen) atoms. The molecule has 2 aromatic rings. The molecular weight excluding hydrogens is 444 g/mol. The summed E-state index contributed by atoms with van der Waals surface area (Å²) in [5, 5.41) is 7.65. The Balaban J connectivity index is 1.49. The summed E-state index contributed by atoms with van der Waals surface area (Å²) in [6, 6.07) is 7.44. The quantitative estimate of drug-likeness (QED) is 0.686. The van der Waals surface area contributed by atoms with Crippen molar-refractivity contribution in [2.75, 3.05) is 49.5 Å². The van der Waals surface area contributed by atoms with E-state index < -0.39 is 3.79 Å². The van der Waals surface area contributed by atoms with Gasteiger partial charge in [0, 0.05) is 57.6 Å². The van der Waals surface area contributed by atoms with Gasteiger partial charge in [0.25, 0.3) is 5.56 Å². The molecular formula is C18H21Cl4N5O. The van der Waals surface area contributed by atoms with Crippen molar-refractivity contribution in [1.82, 2.24) is 14.7 Å². The Morgan fingerprint density at radius 3 is 2.57 bits per heavy atom. The Hall–Kier alpha value is -1.18. The van der Waals surface area contributed by atoms with Crippen LogP contribution in [0.15, 0.2) is 35.3 Å². The average Bonchev–Trinajstić information content (AvgIpc) is 2.67. The maximum Gasteiger partial charge on any atom is 0.287 e. The number of anilines is 2. The maximum atomic E-state index is 12.0. The Kier molecular flexibility index (Phi) is 6.99. The average molecular weight is 465 g/mol. The van der Waals surface area contributed by atoms with E-state index >= 15 is 0 Å². The SMILES string of the molecule is Cn1ncc(N2CCN(CCNc3cccc(C(Cl)(Cl)Cl)c3)CC2)c(Cl)c1=O. The highest BCUT2D eigenvalue weighted by atomic mass is 35.6. The van der Waals surface area contributed by atoms with Gasteiger partial charge in [0.15, 0.2) is 0 Å². The van der Waals surface area contributed by atoms with Gasteiger partial charge in [0.05, 0.1) is 11.9 Å². The largest absolute Gasteiger partial charge is 0.384 e. The molecule has 1 fully saturated rings. The van der Waals surface area contributed by atoms with Crippen LogP contribution in [0.3, 0.4) is 0 Å². The Morgan fingerprint density at radius 1 is 1.18 bits per heavy atom. The lowest BCUT2D eigenvalue weighted by Gasteiger charge is -2.36. The van der Waals surface area contributed by atoms with E-state index in [4.69, 9.17) is 46.4 Å². The molecule has 3 rings (SSSR count). The van der Waals surface area contributed by atoms with Crippen LogP contribution in [0.4, 0.5) is 11.4 Å². The van der Waals surface area contributed by atoms with Crippen LogP contribution < -0.4 is 15.8 Å². The number of benzene rings is 1. The Bertz CT molecular complexity index is 875. The highest BCUT2D eigenvalue weighted by Crippen LogP contribution is 2.38. The van der Waals surface area contributed by atoms with Gasteiger partial charge < -0.3 is 10.2 Å². The fourth-order valence-corrected chi connectivity index (χ4v) is 3.74. The van der Waals surface area contributed by atoms with E-state index in [0.717, 1.165) is 45.0 Å². The Labute approximate surface area is 183 Å². The minimum Gasteiger partial charge on any atom is -0.384 e. The summed E-state index contributed by atoms with van der Waals surface area (Å²) in [7, 11) is 1.59. The van der Waals surface area contributed by atoms with Crippen molar-refractivity contribution in [2.45, 2.75) is 3.79 Å². The summed E-state index contributed by atoms with van der Waals surface area (Å²) in [6.07, 6.45) is 1.65. The number of rotatable bonds is 5. The van der Waals surface area contributed by atoms with Gasteiger partial charge in [0.1, 0.15) is 5.02 Å². The predicted octanol–water partition coefficient (Wildman–Crippen LogP) is 3.49. The summed E-state index contributed by atoms with van der Waals surface area (Å²) in [5.74, 6) is 0. The molecule has 6 nitrogen and oxygen atoms in total. The first-order valence-corrected chi connectivity index (χ1v) is 10.4. The molecule has 10 heteroatoms. The zero-order valence-electron chi connectivity index (χ0n) is 15.3. The van der Waals surface area contributed by atoms with Crippen molar-refractivity contribution in [1.29, 1.82) is 0 Å². The van der Waals surface area contributed by atoms with Gasteiger partial charge in [0.2, 0.25) is 3.79 Å². The monoisotopic (exact) mass is 463 g/mol. The number of nitrogens with zero attached hydrogens (tertiary/aromatic N) is 4. The van der Waals surface area contributed by atoms with Crippen LogP contribution in [-0.4, -0.2) is 53.9 Å². The molecule has 0 atom stereocenters. The van der Waals surface area contributed by atoms with Crippen molar-refractivity contribution >= 4 is 57.8 Å². The van der Waals surface area contributed by atoms with Crippen molar-refractivity contribution in [3.05, 3.63) is 51.4 Å². The number of hydrogen-bond acceptors (Lipinski definition) is 5. The summed E-state index contributed by atoms with van der Waals surface area (Å²) < 4.78 is -0.186. The number of hydrogen-bond donors (Lipinski definition) is 1. The van der Waals surface area contributed by atoms with Crippen LogP contribution in [0.25, 0.3) is 0 Å². The molecule has 152 valence electrons. The van der Waals surface area contributed by atoms with Gasteiger partial charge in [-0.2, -0.15) is 5.10 Å². The normalized spacial score (nSPS) is 15.7. The van der Waals surface area contributed by atoms with E-state index in [2.05, 4.69) is 20.2 Å². The summed E-state index contributed by atoms with van der Waals surface area (Å²) in [4.78, 5) is 16.4. The van der Waals surface area contributed by atoms with Gasteiger partial charge in [-0.15, -0.1) is 0 Å². The van der Waals surface area contributed by atoms with Crippen molar-refractivity contribution in [3.8, 4) is 0 Å². The lowest BCUT2D eigenvalue weighted by molar-refractivity contribution is 0.267. The highest BCUT2D eigenvalue weighted by molar-refractivity contribution is 6.66. The van der Waals surface area contributed by atoms with E-state index in [-0.39, 0.29) is 10.6 Å². The minimum absolute atomic E-state index is 0.224. The van der Waals surface area contributed by atoms with Gasteiger partial charge >= 0.3 is 0 Å². The van der Waals surface area contributed by atoms with E-state index in [0.29, 0.717) is 11.3 Å². The first-order chi connectivity index (χ1) is 13.3. The number of aryl methyl sites for hydroxylation is 1. The molecule has 1 N–H and O–H groups in total. The third kappa shape index (κ3) is 5.24. The van der Waals surface area contributed by atoms with Crippen molar-refractivity contribution in [2.24, 2.45) is 7.05 Å². The minimum atomic E-state index is -1.43. The zero-order valence-corrected chi connectivity index (χ0v) is 18.4. The lowest BCUT2D eigenvalue weighted by Crippen LogP contribution is -2.48. The molecule has 0 unspecified atom stereocenters. The third-order valence-electron chi connectivity index (χ3n) is 4.72. The third-order valence-corrected chi connectivity index (χ3v) is 5.73. The molecule has 0 aliphatic carbocycles. The van der Waals surface area contributed by atoms with Crippen LogP contribution >= 0.6 is 46.4 Å². The first kappa shape index (κ1) is 21.5. The molecule has 2 heterocycles. The molecule has 1 aliphatic rings. The van der Waals surface area contributed by atoms with Crippen LogP contribution in [0.2, 0.25) is 5.02 Å². The standard InChI is InChI=1S/C18H21Cl4N5O/c1-25-17(28)16(19)15(12-24-25)27-9-7-26(8-10-27)6-5-23-14-4-2-3-13(11-14)18(20,21)22/h2-4,11-12,23H,5-10H2,1H3. The van der Waals surface area contributed by atoms with E-state index in [1.807, 2.05) is 18.2 Å². The van der Waals surface area contributed by atoms with Crippen LogP contribution in [-0.2, 0) is 10.8 Å². The van der Waals surface area contributed by atoms with Crippen LogP contribution in [0.5, 0.6) is 0 Å². The summed E-state index contributed by atoms with van der Waals surface area (Å²) in [5.41, 5.74) is 1.98. The van der Waals surface area contributed by atoms with E-state index in [1.54, 1.807) is 19.3 Å². The van der Waals surface area contributed by atoms with E-state index in [1.165, 1.54) is 4.68 Å². The lowest BCUT2D eigenvalue weighted by atomic mass is 10.2. The predicted molar refractivity (Wildman–Crippen MR) is 117 cm³/mol.